The van der Waals surface area contributed by atoms with Crippen LogP contribution in [0.15, 0.2) is 48.7 Å². The number of ether oxygens (including phenoxy) is 3. The molecule has 0 saturated carbocycles. The van der Waals surface area contributed by atoms with E-state index in [4.69, 9.17) is 19.2 Å². The van der Waals surface area contributed by atoms with E-state index in [1.165, 1.54) is 0 Å². The molecule has 37 heavy (non-hydrogen) atoms. The van der Waals surface area contributed by atoms with E-state index in [-0.39, 0.29) is 6.04 Å². The van der Waals surface area contributed by atoms with Crippen molar-refractivity contribution in [2.24, 2.45) is 0 Å². The normalized spacial score (nSPS) is 17.1. The van der Waals surface area contributed by atoms with Gasteiger partial charge in [0.2, 0.25) is 5.95 Å². The maximum atomic E-state index is 12.9. The molecule has 0 unspecified atom stereocenters. The summed E-state index contributed by atoms with van der Waals surface area (Å²) in [4.78, 5) is 14.9. The highest BCUT2D eigenvalue weighted by atomic mass is 31.2. The van der Waals surface area contributed by atoms with Crippen molar-refractivity contribution in [3.63, 3.8) is 0 Å². The number of hydrogen-bond donors (Lipinski definition) is 3. The third kappa shape index (κ3) is 4.47. The van der Waals surface area contributed by atoms with Gasteiger partial charge in [-0.25, -0.2) is 0 Å². The van der Waals surface area contributed by atoms with Crippen LogP contribution in [0.1, 0.15) is 0 Å². The third-order valence-corrected chi connectivity index (χ3v) is 8.20. The Hall–Kier alpha value is -3.75. The number of methoxy groups -OCH3 is 1. The van der Waals surface area contributed by atoms with Gasteiger partial charge in [-0.05, 0) is 31.5 Å². The zero-order valence-electron chi connectivity index (χ0n) is 20.9. The molecule has 4 heterocycles. The number of aromatic nitrogens is 3. The van der Waals surface area contributed by atoms with Crippen LogP contribution in [0.5, 0.6) is 11.5 Å². The Kier molecular flexibility index (Phi) is 5.93. The molecule has 3 N–H and O–H groups in total. The number of anilines is 5. The first-order valence-corrected chi connectivity index (χ1v) is 14.7. The molecule has 2 aliphatic rings. The van der Waals surface area contributed by atoms with Crippen LogP contribution in [0.2, 0.25) is 0 Å². The zero-order chi connectivity index (χ0) is 25.6. The van der Waals surface area contributed by atoms with Crippen molar-refractivity contribution in [3.05, 3.63) is 48.7 Å². The van der Waals surface area contributed by atoms with Gasteiger partial charge in [-0.15, -0.1) is 0 Å². The average Bonchev–Trinajstić information content (AvgIpc) is 3.37. The summed E-state index contributed by atoms with van der Waals surface area (Å²) in [7, 11) is -0.870. The van der Waals surface area contributed by atoms with Gasteiger partial charge in [-0.2, -0.15) is 9.97 Å². The molecule has 1 atom stereocenters. The van der Waals surface area contributed by atoms with Gasteiger partial charge in [0.15, 0.2) is 0 Å². The van der Waals surface area contributed by atoms with E-state index < -0.39 is 7.14 Å². The fourth-order valence-corrected chi connectivity index (χ4v) is 6.00. The smallest absolute Gasteiger partial charge is 0.231 e. The highest BCUT2D eigenvalue weighted by Gasteiger charge is 2.31. The Morgan fingerprint density at radius 2 is 1.97 bits per heavy atom. The minimum absolute atomic E-state index is 0.196. The number of para-hydroxylation sites is 1. The van der Waals surface area contributed by atoms with Gasteiger partial charge in [0, 0.05) is 30.2 Å². The molecule has 0 aliphatic carbocycles. The van der Waals surface area contributed by atoms with Crippen LogP contribution < -0.4 is 30.3 Å². The molecule has 2 aromatic heterocycles. The quantitative estimate of drug-likeness (QED) is 0.320. The average molecular weight is 521 g/mol. The zero-order valence-corrected chi connectivity index (χ0v) is 21.8. The van der Waals surface area contributed by atoms with E-state index in [1.54, 1.807) is 20.4 Å². The Morgan fingerprint density at radius 3 is 2.81 bits per heavy atom. The largest absolute Gasteiger partial charge is 0.494 e. The van der Waals surface area contributed by atoms with Crippen LogP contribution in [0.3, 0.4) is 0 Å². The SMILES string of the molecule is COc1cc2c(cc1Nc1nc(Nc3ccccc3P(C)(C)=O)c3cc[nH]c3n1)OC[C@H]1COCCN21. The monoisotopic (exact) mass is 520 g/mol. The second-order valence-corrected chi connectivity index (χ2v) is 12.7. The van der Waals surface area contributed by atoms with Gasteiger partial charge in [0.05, 0.1) is 48.8 Å². The molecule has 0 amide bonds. The number of nitrogens with one attached hydrogen (secondary N) is 3. The molecule has 10 nitrogen and oxygen atoms in total. The Labute approximate surface area is 214 Å². The minimum atomic E-state index is -2.51. The molecule has 11 heteroatoms. The molecule has 4 aromatic rings. The fraction of sp³-hybridized carbons (Fsp3) is 0.308. The van der Waals surface area contributed by atoms with E-state index in [0.717, 1.165) is 34.4 Å². The van der Waals surface area contributed by atoms with Gasteiger partial charge in [-0.1, -0.05) is 12.1 Å². The summed E-state index contributed by atoms with van der Waals surface area (Å²) < 4.78 is 30.3. The third-order valence-electron chi connectivity index (χ3n) is 6.65. The van der Waals surface area contributed by atoms with Crippen molar-refractivity contribution in [1.82, 2.24) is 15.0 Å². The number of fused-ring (bicyclic) bond motifs is 4. The van der Waals surface area contributed by atoms with Crippen molar-refractivity contribution in [3.8, 4) is 11.5 Å². The maximum absolute atomic E-state index is 12.9. The number of morpholine rings is 1. The van der Waals surface area contributed by atoms with Gasteiger partial charge in [0.1, 0.15) is 36.7 Å². The highest BCUT2D eigenvalue weighted by molar-refractivity contribution is 7.70. The van der Waals surface area contributed by atoms with Crippen molar-refractivity contribution in [2.45, 2.75) is 6.04 Å². The van der Waals surface area contributed by atoms with E-state index in [9.17, 15) is 4.57 Å². The summed E-state index contributed by atoms with van der Waals surface area (Å²) in [6.45, 7) is 6.23. The number of nitrogens with zero attached hydrogens (tertiary/aromatic N) is 3. The van der Waals surface area contributed by atoms with Crippen molar-refractivity contribution in [2.75, 3.05) is 62.3 Å². The lowest BCUT2D eigenvalue weighted by Crippen LogP contribution is -2.51. The minimum Gasteiger partial charge on any atom is -0.494 e. The summed E-state index contributed by atoms with van der Waals surface area (Å²) in [5.41, 5.74) is 3.10. The Morgan fingerprint density at radius 1 is 1.11 bits per heavy atom. The molecule has 0 bridgehead atoms. The summed E-state index contributed by atoms with van der Waals surface area (Å²) in [5.74, 6) is 2.40. The predicted octanol–water partition coefficient (Wildman–Crippen LogP) is 4.30. The summed E-state index contributed by atoms with van der Waals surface area (Å²) in [6.07, 6.45) is 1.82. The van der Waals surface area contributed by atoms with Crippen LogP contribution in [0, 0.1) is 0 Å². The van der Waals surface area contributed by atoms with Gasteiger partial charge in [0.25, 0.3) is 0 Å². The first-order valence-electron chi connectivity index (χ1n) is 12.1. The van der Waals surface area contributed by atoms with E-state index in [1.807, 2.05) is 48.7 Å². The van der Waals surface area contributed by atoms with Crippen molar-refractivity contribution in [1.29, 1.82) is 0 Å². The van der Waals surface area contributed by atoms with E-state index in [2.05, 4.69) is 25.5 Å². The maximum Gasteiger partial charge on any atom is 0.231 e. The molecule has 6 rings (SSSR count). The molecule has 1 saturated heterocycles. The summed E-state index contributed by atoms with van der Waals surface area (Å²) >= 11 is 0. The van der Waals surface area contributed by atoms with Crippen LogP contribution in [0.25, 0.3) is 11.0 Å². The van der Waals surface area contributed by atoms with E-state index >= 15 is 0 Å². The standard InChI is InChI=1S/C26H29N6O4P/c1-34-21-13-20-22(36-15-16-14-35-11-10-32(16)20)12-19(21)29-26-30-24-17(8-9-27-24)25(31-26)28-18-6-4-5-7-23(18)37(2,3)33/h4-9,12-13,16H,10-11,14-15H2,1-3H3,(H3,27,28,29,30,31)/t16-/m1/s1. The molecule has 192 valence electrons. The molecular formula is C26H29N6O4P. The number of hydrogen-bond acceptors (Lipinski definition) is 9. The highest BCUT2D eigenvalue weighted by Crippen LogP contribution is 2.43. The van der Waals surface area contributed by atoms with Crippen LogP contribution in [-0.2, 0) is 9.30 Å². The Balaban J connectivity index is 1.36. The second-order valence-electron chi connectivity index (χ2n) is 9.51. The number of rotatable bonds is 6. The van der Waals surface area contributed by atoms with Gasteiger partial charge in [-0.3, -0.25) is 0 Å². The number of aromatic amines is 1. The second kappa shape index (κ2) is 9.28. The van der Waals surface area contributed by atoms with Crippen LogP contribution in [0.4, 0.5) is 28.8 Å². The molecule has 0 spiro atoms. The molecule has 2 aliphatic heterocycles. The lowest BCUT2D eigenvalue weighted by molar-refractivity contribution is 0.0705. The molecule has 0 radical (unpaired) electrons. The van der Waals surface area contributed by atoms with Crippen LogP contribution >= 0.6 is 7.14 Å². The van der Waals surface area contributed by atoms with E-state index in [0.29, 0.717) is 48.7 Å². The summed E-state index contributed by atoms with van der Waals surface area (Å²) in [6, 6.07) is 13.6. The summed E-state index contributed by atoms with van der Waals surface area (Å²) in [5, 5.41) is 8.29. The van der Waals surface area contributed by atoms with Gasteiger partial charge >= 0.3 is 0 Å². The first-order chi connectivity index (χ1) is 17.9. The Bertz CT molecular complexity index is 1520. The topological polar surface area (TPSA) is 114 Å². The molecular weight excluding hydrogens is 491 g/mol. The van der Waals surface area contributed by atoms with Crippen LogP contribution in [-0.4, -0.2) is 67.8 Å². The number of H-pyrrole nitrogens is 1. The lowest BCUT2D eigenvalue weighted by Gasteiger charge is -2.41. The molecule has 2 aromatic carbocycles. The predicted molar refractivity (Wildman–Crippen MR) is 146 cm³/mol. The van der Waals surface area contributed by atoms with Gasteiger partial charge < -0.3 is 39.3 Å². The fourth-order valence-electron chi connectivity index (χ4n) is 4.84. The number of benzene rings is 2. The van der Waals surface area contributed by atoms with Crippen molar-refractivity contribution < 1.29 is 18.8 Å². The lowest BCUT2D eigenvalue weighted by atomic mass is 10.1. The van der Waals surface area contributed by atoms with Crippen molar-refractivity contribution >= 4 is 52.3 Å². The first kappa shape index (κ1) is 23.6. The molecule has 1 fully saturated rings.